The molecule has 0 spiro atoms. The van der Waals surface area contributed by atoms with Crippen molar-refractivity contribution in [1.29, 1.82) is 0 Å². The van der Waals surface area contributed by atoms with Crippen LogP contribution in [0.4, 0.5) is 0 Å². The second-order valence-electron chi connectivity index (χ2n) is 2.13. The van der Waals surface area contributed by atoms with Gasteiger partial charge in [0, 0.05) is 0 Å². The van der Waals surface area contributed by atoms with Gasteiger partial charge < -0.3 is 5.73 Å². The Morgan fingerprint density at radius 2 is 1.70 bits per heavy atom. The van der Waals surface area contributed by atoms with E-state index < -0.39 is 0 Å². The molecule has 1 aromatic rings. The van der Waals surface area contributed by atoms with Gasteiger partial charge in [0.05, 0.1) is 0 Å². The SMILES string of the molecule is C[C@@H]([NH-])c1ccccc1.[Li+]. The van der Waals surface area contributed by atoms with E-state index in [2.05, 4.69) is 0 Å². The topological polar surface area (TPSA) is 23.8 Å². The van der Waals surface area contributed by atoms with Crippen LogP contribution in [0, 0.1) is 0 Å². The summed E-state index contributed by atoms with van der Waals surface area (Å²) in [6.45, 7) is 1.87. The van der Waals surface area contributed by atoms with Crippen LogP contribution in [0.2, 0.25) is 0 Å². The molecule has 1 aromatic carbocycles. The minimum Gasteiger partial charge on any atom is -0.671 e. The average Bonchev–Trinajstić information content (AvgIpc) is 1.90. The van der Waals surface area contributed by atoms with E-state index in [4.69, 9.17) is 5.73 Å². The fourth-order valence-electron chi connectivity index (χ4n) is 0.742. The minimum atomic E-state index is -0.0915. The monoisotopic (exact) mass is 127 g/mol. The van der Waals surface area contributed by atoms with Crippen molar-refractivity contribution in [2.24, 2.45) is 0 Å². The van der Waals surface area contributed by atoms with E-state index >= 15 is 0 Å². The summed E-state index contributed by atoms with van der Waals surface area (Å²) in [7, 11) is 0. The second kappa shape index (κ2) is 4.57. The van der Waals surface area contributed by atoms with Crippen LogP contribution in [0.25, 0.3) is 5.73 Å². The molecule has 0 unspecified atom stereocenters. The predicted molar refractivity (Wildman–Crippen MR) is 39.2 cm³/mol. The van der Waals surface area contributed by atoms with Gasteiger partial charge >= 0.3 is 18.9 Å². The largest absolute Gasteiger partial charge is 1.00 e. The van der Waals surface area contributed by atoms with E-state index in [9.17, 15) is 0 Å². The summed E-state index contributed by atoms with van der Waals surface area (Å²) in [5, 5.41) is 0. The van der Waals surface area contributed by atoms with Gasteiger partial charge in [-0.3, -0.25) is 0 Å². The molecule has 0 saturated carbocycles. The number of rotatable bonds is 1. The molecule has 1 rings (SSSR count). The van der Waals surface area contributed by atoms with Gasteiger partial charge in [0.2, 0.25) is 0 Å². The molecule has 0 aliphatic heterocycles. The molecule has 0 radical (unpaired) electrons. The number of hydrogen-bond donors (Lipinski definition) is 0. The molecule has 0 aliphatic carbocycles. The van der Waals surface area contributed by atoms with E-state index in [0.29, 0.717) is 0 Å². The zero-order valence-electron chi connectivity index (χ0n) is 6.46. The quantitative estimate of drug-likeness (QED) is 0.467. The van der Waals surface area contributed by atoms with E-state index in [1.165, 1.54) is 0 Å². The van der Waals surface area contributed by atoms with Crippen molar-refractivity contribution < 1.29 is 18.9 Å². The van der Waals surface area contributed by atoms with Crippen molar-refractivity contribution >= 4 is 0 Å². The minimum absolute atomic E-state index is 0. The third-order valence-electron chi connectivity index (χ3n) is 1.30. The molecule has 1 nitrogen and oxygen atoms in total. The van der Waals surface area contributed by atoms with Gasteiger partial charge in [-0.2, -0.15) is 0 Å². The molecule has 0 aliphatic rings. The third kappa shape index (κ3) is 2.58. The zero-order chi connectivity index (χ0) is 6.69. The van der Waals surface area contributed by atoms with Gasteiger partial charge in [-0.05, 0) is 0 Å². The Balaban J connectivity index is 0.000000810. The Hall–Kier alpha value is -0.223. The van der Waals surface area contributed by atoms with Crippen LogP contribution in [-0.2, 0) is 0 Å². The molecule has 0 saturated heterocycles. The molecule has 0 heterocycles. The van der Waals surface area contributed by atoms with Gasteiger partial charge in [-0.1, -0.05) is 42.8 Å². The van der Waals surface area contributed by atoms with E-state index in [-0.39, 0.29) is 24.9 Å². The van der Waals surface area contributed by atoms with Crippen LogP contribution in [-0.4, -0.2) is 0 Å². The van der Waals surface area contributed by atoms with Gasteiger partial charge in [0.1, 0.15) is 0 Å². The molecule has 10 heavy (non-hydrogen) atoms. The summed E-state index contributed by atoms with van der Waals surface area (Å²) < 4.78 is 0. The van der Waals surface area contributed by atoms with Gasteiger partial charge in [0.25, 0.3) is 0 Å². The number of nitrogens with one attached hydrogen (secondary N) is 1. The van der Waals surface area contributed by atoms with Crippen LogP contribution < -0.4 is 18.9 Å². The molecule has 0 aromatic heterocycles. The van der Waals surface area contributed by atoms with Crippen LogP contribution in [0.15, 0.2) is 30.3 Å². The smallest absolute Gasteiger partial charge is 0.671 e. The van der Waals surface area contributed by atoms with Crippen molar-refractivity contribution in [3.63, 3.8) is 0 Å². The second-order valence-corrected chi connectivity index (χ2v) is 2.13. The van der Waals surface area contributed by atoms with Gasteiger partial charge in [-0.15, -0.1) is 6.04 Å². The van der Waals surface area contributed by atoms with E-state index in [1.54, 1.807) is 0 Å². The maximum Gasteiger partial charge on any atom is 1.00 e. The third-order valence-corrected chi connectivity index (χ3v) is 1.30. The van der Waals surface area contributed by atoms with Crippen molar-refractivity contribution in [3.8, 4) is 0 Å². The molecule has 1 N–H and O–H groups in total. The summed E-state index contributed by atoms with van der Waals surface area (Å²) in [5.74, 6) is 0. The fourth-order valence-corrected chi connectivity index (χ4v) is 0.742. The van der Waals surface area contributed by atoms with Crippen LogP contribution in [0.5, 0.6) is 0 Å². The summed E-state index contributed by atoms with van der Waals surface area (Å²) in [6.07, 6.45) is 0. The Morgan fingerprint density at radius 3 is 2.00 bits per heavy atom. The van der Waals surface area contributed by atoms with Crippen molar-refractivity contribution in [3.05, 3.63) is 41.6 Å². The first-order valence-electron chi connectivity index (χ1n) is 3.07. The Bertz CT molecular complexity index is 172. The first-order valence-corrected chi connectivity index (χ1v) is 3.07. The van der Waals surface area contributed by atoms with E-state index in [1.807, 2.05) is 37.3 Å². The van der Waals surface area contributed by atoms with Crippen LogP contribution in [0.1, 0.15) is 18.5 Å². The standard InChI is InChI=1S/C8H10N.Li/c1-7(9)8-5-3-2-4-6-8;/h2-7,9H,1H3;/q-1;+1/t7-;/m1./s1. The summed E-state index contributed by atoms with van der Waals surface area (Å²) in [5.41, 5.74) is 8.40. The maximum absolute atomic E-state index is 7.32. The Labute approximate surface area is 73.8 Å². The molecule has 1 atom stereocenters. The van der Waals surface area contributed by atoms with Gasteiger partial charge in [0.15, 0.2) is 0 Å². The van der Waals surface area contributed by atoms with Crippen molar-refractivity contribution in [2.45, 2.75) is 13.0 Å². The number of hydrogen-bond acceptors (Lipinski definition) is 0. The molecule has 0 bridgehead atoms. The van der Waals surface area contributed by atoms with Crippen molar-refractivity contribution in [2.75, 3.05) is 0 Å². The summed E-state index contributed by atoms with van der Waals surface area (Å²) >= 11 is 0. The fraction of sp³-hybridized carbons (Fsp3) is 0.250. The van der Waals surface area contributed by atoms with Crippen LogP contribution in [0.3, 0.4) is 0 Å². The zero-order valence-corrected chi connectivity index (χ0v) is 6.46. The van der Waals surface area contributed by atoms with Crippen LogP contribution >= 0.6 is 0 Å². The molecule has 0 fully saturated rings. The summed E-state index contributed by atoms with van der Waals surface area (Å²) in [4.78, 5) is 0. The Kier molecular flexibility index (Phi) is 4.47. The maximum atomic E-state index is 7.32. The average molecular weight is 127 g/mol. The first kappa shape index (κ1) is 9.78. The summed E-state index contributed by atoms with van der Waals surface area (Å²) in [6, 6.07) is 9.73. The van der Waals surface area contributed by atoms with E-state index in [0.717, 1.165) is 5.56 Å². The predicted octanol–water partition coefficient (Wildman–Crippen LogP) is -0.196. The van der Waals surface area contributed by atoms with Gasteiger partial charge in [-0.25, -0.2) is 0 Å². The molecule has 2 heteroatoms. The molecular formula is C8H10LiN. The van der Waals surface area contributed by atoms with Crippen molar-refractivity contribution in [1.82, 2.24) is 0 Å². The number of benzene rings is 1. The first-order chi connectivity index (χ1) is 4.30. The molecule has 48 valence electrons. The molecular weight excluding hydrogens is 117 g/mol. The normalized spacial score (nSPS) is 11.8. The molecule has 0 amide bonds. The Morgan fingerprint density at radius 1 is 1.20 bits per heavy atom.